The van der Waals surface area contributed by atoms with Gasteiger partial charge in [-0.05, 0) is 41.8 Å². The van der Waals surface area contributed by atoms with E-state index in [4.69, 9.17) is 14.2 Å². The molecule has 2 aromatic rings. The molecule has 2 aliphatic heterocycles. The van der Waals surface area contributed by atoms with E-state index in [0.29, 0.717) is 11.3 Å². The van der Waals surface area contributed by atoms with Crippen molar-refractivity contribution in [2.75, 3.05) is 21.3 Å². The van der Waals surface area contributed by atoms with Gasteiger partial charge in [0.05, 0.1) is 26.8 Å². The fourth-order valence-corrected chi connectivity index (χ4v) is 4.35. The lowest BCUT2D eigenvalue weighted by Crippen LogP contribution is -2.16. The van der Waals surface area contributed by atoms with E-state index in [9.17, 15) is 4.79 Å². The zero-order chi connectivity index (χ0) is 18.7. The monoisotopic (exact) mass is 361 g/mol. The second kappa shape index (κ2) is 5.64. The van der Waals surface area contributed by atoms with Crippen molar-refractivity contribution in [1.29, 1.82) is 0 Å². The van der Waals surface area contributed by atoms with Crippen LogP contribution >= 0.6 is 0 Å². The molecule has 0 fully saturated rings. The number of aromatic nitrogens is 1. The third-order valence-electron chi connectivity index (χ3n) is 5.56. The zero-order valence-electron chi connectivity index (χ0n) is 15.5. The summed E-state index contributed by atoms with van der Waals surface area (Å²) in [5.74, 6) is 1.87. The van der Waals surface area contributed by atoms with Gasteiger partial charge in [-0.1, -0.05) is 6.07 Å². The Bertz CT molecular complexity index is 1260. The number of aryl methyl sites for hydroxylation is 2. The Hall–Kier alpha value is -3.21. The van der Waals surface area contributed by atoms with Gasteiger partial charge in [-0.25, -0.2) is 0 Å². The molecule has 0 aromatic heterocycles. The van der Waals surface area contributed by atoms with Gasteiger partial charge in [0.15, 0.2) is 17.2 Å². The van der Waals surface area contributed by atoms with E-state index in [2.05, 4.69) is 22.8 Å². The molecule has 5 rings (SSSR count). The molecule has 0 radical (unpaired) electrons. The maximum absolute atomic E-state index is 12.8. The van der Waals surface area contributed by atoms with E-state index in [-0.39, 0.29) is 5.43 Å². The van der Waals surface area contributed by atoms with Gasteiger partial charge in [0, 0.05) is 34.5 Å². The highest BCUT2D eigenvalue weighted by Crippen LogP contribution is 2.44. The van der Waals surface area contributed by atoms with E-state index in [1.807, 2.05) is 12.3 Å². The molecule has 0 bridgehead atoms. The Labute approximate surface area is 156 Å². The Kier molecular flexibility index (Phi) is 3.34. The van der Waals surface area contributed by atoms with E-state index < -0.39 is 0 Å². The topological polar surface area (TPSA) is 49.7 Å². The third-order valence-corrected chi connectivity index (χ3v) is 5.56. The highest BCUT2D eigenvalue weighted by atomic mass is 16.5. The molecule has 0 atom stereocenters. The number of methoxy groups -OCH3 is 3. The lowest BCUT2D eigenvalue weighted by Gasteiger charge is -2.25. The number of pyridine rings is 1. The molecule has 27 heavy (non-hydrogen) atoms. The van der Waals surface area contributed by atoms with Crippen LogP contribution in [0.1, 0.15) is 5.56 Å². The average Bonchev–Trinajstić information content (AvgIpc) is 2.71. The summed E-state index contributed by atoms with van der Waals surface area (Å²) in [4.78, 5) is 12.8. The molecule has 0 saturated heterocycles. The molecule has 0 spiro atoms. The van der Waals surface area contributed by atoms with Crippen LogP contribution in [0.3, 0.4) is 0 Å². The van der Waals surface area contributed by atoms with Gasteiger partial charge in [0.25, 0.3) is 0 Å². The lowest BCUT2D eigenvalue weighted by molar-refractivity contribution is 0.358. The van der Waals surface area contributed by atoms with Crippen molar-refractivity contribution in [1.82, 2.24) is 4.57 Å². The predicted octanol–water partition coefficient (Wildman–Crippen LogP) is 3.84. The van der Waals surface area contributed by atoms with Crippen LogP contribution < -0.4 is 19.6 Å². The molecule has 0 amide bonds. The summed E-state index contributed by atoms with van der Waals surface area (Å²) in [6.45, 7) is 0.810. The minimum Gasteiger partial charge on any atom is -0.493 e. The first-order valence-corrected chi connectivity index (χ1v) is 8.88. The van der Waals surface area contributed by atoms with E-state index in [0.717, 1.165) is 46.3 Å². The number of nitrogens with zero attached hydrogens (tertiary/aromatic N) is 1. The van der Waals surface area contributed by atoms with Crippen LogP contribution in [0.5, 0.6) is 17.2 Å². The largest absolute Gasteiger partial charge is 0.493 e. The molecule has 2 aromatic carbocycles. The van der Waals surface area contributed by atoms with Crippen molar-refractivity contribution in [2.24, 2.45) is 0 Å². The maximum atomic E-state index is 12.8. The zero-order valence-corrected chi connectivity index (χ0v) is 15.5. The number of hydrogen-bond acceptors (Lipinski definition) is 4. The van der Waals surface area contributed by atoms with Crippen LogP contribution in [-0.4, -0.2) is 25.9 Å². The summed E-state index contributed by atoms with van der Waals surface area (Å²) in [6.07, 6.45) is 2.83. The Morgan fingerprint density at radius 2 is 1.67 bits per heavy atom. The van der Waals surface area contributed by atoms with Gasteiger partial charge in [-0.3, -0.25) is 4.79 Å². The van der Waals surface area contributed by atoms with Crippen LogP contribution in [-0.2, 0) is 13.0 Å². The number of fused-ring (bicyclic) bond motifs is 2. The highest BCUT2D eigenvalue weighted by Gasteiger charge is 2.24. The van der Waals surface area contributed by atoms with Gasteiger partial charge in [-0.15, -0.1) is 0 Å². The standard InChI is InChI=1S/C22H19NO4/c1-25-17-7-6-13-14-4-5-15-19-12(10-18(26-2)22(15)27-3)8-9-23(20(14)19)11-16(13)21(17)24/h4-7,10-11H,8-9H2,1-3H3. The van der Waals surface area contributed by atoms with Crippen LogP contribution in [0.2, 0.25) is 0 Å². The van der Waals surface area contributed by atoms with Crippen LogP contribution in [0.4, 0.5) is 0 Å². The predicted molar refractivity (Wildman–Crippen MR) is 106 cm³/mol. The summed E-state index contributed by atoms with van der Waals surface area (Å²) in [5.41, 5.74) is 3.93. The number of rotatable bonds is 3. The van der Waals surface area contributed by atoms with Gasteiger partial charge >= 0.3 is 0 Å². The minimum atomic E-state index is -0.0705. The summed E-state index contributed by atoms with van der Waals surface area (Å²) in [7, 11) is 4.86. The third kappa shape index (κ3) is 2.02. The number of benzene rings is 3. The molecule has 0 unspecified atom stereocenters. The van der Waals surface area contributed by atoms with E-state index in [1.165, 1.54) is 18.1 Å². The molecule has 5 heteroatoms. The SMILES string of the molecule is COc1cc2c3c(ccc4c5ccc(OC)c(=O)c-5cn(c43)CC2)c1OC. The normalized spacial score (nSPS) is 12.9. The molecule has 3 aliphatic rings. The van der Waals surface area contributed by atoms with Gasteiger partial charge in [-0.2, -0.15) is 0 Å². The van der Waals surface area contributed by atoms with Crippen molar-refractivity contribution in [3.8, 4) is 28.4 Å². The van der Waals surface area contributed by atoms with Gasteiger partial charge < -0.3 is 18.8 Å². The second-order valence-corrected chi connectivity index (χ2v) is 6.79. The molecular weight excluding hydrogens is 342 g/mol. The summed E-state index contributed by atoms with van der Waals surface area (Å²) in [5, 5.41) is 3.26. The van der Waals surface area contributed by atoms with Crippen molar-refractivity contribution in [3.05, 3.63) is 52.3 Å². The van der Waals surface area contributed by atoms with E-state index >= 15 is 0 Å². The fraction of sp³-hybridized carbons (Fsp3) is 0.227. The summed E-state index contributed by atoms with van der Waals surface area (Å²) < 4.78 is 18.6. The molecule has 0 N–H and O–H groups in total. The number of ether oxygens (including phenoxy) is 3. The van der Waals surface area contributed by atoms with Gasteiger partial charge in [0.2, 0.25) is 5.43 Å². The Balaban J connectivity index is 2.01. The lowest BCUT2D eigenvalue weighted by atomic mass is 9.90. The quantitative estimate of drug-likeness (QED) is 0.520. The number of hydrogen-bond donors (Lipinski definition) is 0. The Morgan fingerprint density at radius 1 is 0.889 bits per heavy atom. The highest BCUT2D eigenvalue weighted by molar-refractivity contribution is 6.14. The van der Waals surface area contributed by atoms with Crippen molar-refractivity contribution in [2.45, 2.75) is 13.0 Å². The molecule has 136 valence electrons. The van der Waals surface area contributed by atoms with Crippen molar-refractivity contribution >= 4 is 21.7 Å². The summed E-state index contributed by atoms with van der Waals surface area (Å²) in [6, 6.07) is 9.92. The molecule has 0 saturated carbocycles. The molecular formula is C22H19NO4. The van der Waals surface area contributed by atoms with Crippen LogP contribution in [0, 0.1) is 0 Å². The second-order valence-electron chi connectivity index (χ2n) is 6.79. The molecule has 2 heterocycles. The van der Waals surface area contributed by atoms with Gasteiger partial charge in [0.1, 0.15) is 0 Å². The summed E-state index contributed by atoms with van der Waals surface area (Å²) >= 11 is 0. The van der Waals surface area contributed by atoms with Crippen LogP contribution in [0.15, 0.2) is 41.3 Å². The van der Waals surface area contributed by atoms with Crippen molar-refractivity contribution in [3.63, 3.8) is 0 Å². The first-order chi connectivity index (χ1) is 13.2. The fourth-order valence-electron chi connectivity index (χ4n) is 4.35. The smallest absolute Gasteiger partial charge is 0.229 e. The minimum absolute atomic E-state index is 0.0705. The van der Waals surface area contributed by atoms with E-state index in [1.54, 1.807) is 20.3 Å². The molecule has 1 aliphatic carbocycles. The van der Waals surface area contributed by atoms with Crippen LogP contribution in [0.25, 0.3) is 32.8 Å². The Morgan fingerprint density at radius 3 is 2.41 bits per heavy atom. The average molecular weight is 361 g/mol. The molecule has 5 nitrogen and oxygen atoms in total. The maximum Gasteiger partial charge on any atom is 0.229 e. The first kappa shape index (κ1) is 16.0. The first-order valence-electron chi connectivity index (χ1n) is 8.88. The van der Waals surface area contributed by atoms with Crippen molar-refractivity contribution < 1.29 is 14.2 Å².